The van der Waals surface area contributed by atoms with Crippen LogP contribution in [-0.2, 0) is 19.3 Å². The molecule has 1 heterocycles. The van der Waals surface area contributed by atoms with Crippen molar-refractivity contribution in [3.8, 4) is 11.5 Å². The maximum atomic E-state index is 15.2. The van der Waals surface area contributed by atoms with E-state index in [2.05, 4.69) is 10.3 Å². The number of anilines is 2. The lowest BCUT2D eigenvalue weighted by Gasteiger charge is -2.22. The van der Waals surface area contributed by atoms with Crippen LogP contribution in [0.1, 0.15) is 16.7 Å². The van der Waals surface area contributed by atoms with Crippen LogP contribution in [0.15, 0.2) is 71.1 Å². The van der Waals surface area contributed by atoms with Crippen LogP contribution in [0.5, 0.6) is 11.5 Å². The van der Waals surface area contributed by atoms with Crippen LogP contribution in [0.4, 0.5) is 28.4 Å². The van der Waals surface area contributed by atoms with Crippen LogP contribution in [0.3, 0.4) is 0 Å². The van der Waals surface area contributed by atoms with Crippen LogP contribution in [0, 0.1) is 5.82 Å². The highest BCUT2D eigenvalue weighted by Gasteiger charge is 2.30. The minimum absolute atomic E-state index is 0.0398. The number of methoxy groups -OCH3 is 2. The van der Waals surface area contributed by atoms with Gasteiger partial charge in [0.25, 0.3) is 0 Å². The van der Waals surface area contributed by atoms with Crippen molar-refractivity contribution in [3.63, 3.8) is 0 Å². The largest absolute Gasteiger partial charge is 0.497 e. The highest BCUT2D eigenvalue weighted by atomic mass is 35.5. The highest BCUT2D eigenvalue weighted by Crippen LogP contribution is 2.38. The maximum Gasteiger partial charge on any atom is 0.416 e. The molecule has 5 nitrogen and oxygen atoms in total. The van der Waals surface area contributed by atoms with Gasteiger partial charge in [0.1, 0.15) is 17.3 Å². The number of alkyl halides is 3. The Morgan fingerprint density at radius 3 is 2.58 bits per heavy atom. The lowest BCUT2D eigenvalue weighted by Crippen LogP contribution is -2.15. The molecule has 4 aromatic rings. The summed E-state index contributed by atoms with van der Waals surface area (Å²) in [5, 5.41) is 5.61. The Morgan fingerprint density at radius 2 is 1.89 bits per heavy atom. The van der Waals surface area contributed by atoms with E-state index in [-0.39, 0.29) is 22.2 Å². The molecule has 0 spiro atoms. The molecule has 38 heavy (non-hydrogen) atoms. The fourth-order valence-corrected chi connectivity index (χ4v) is 5.49. The van der Waals surface area contributed by atoms with Crippen LogP contribution in [0.2, 0.25) is 5.02 Å². The number of rotatable bonds is 10. The zero-order valence-corrected chi connectivity index (χ0v) is 22.6. The Hall–Kier alpha value is -3.15. The van der Waals surface area contributed by atoms with E-state index in [4.69, 9.17) is 21.1 Å². The van der Waals surface area contributed by atoms with Gasteiger partial charge >= 0.3 is 6.18 Å². The average Bonchev–Trinajstić information content (AvgIpc) is 3.44. The second kappa shape index (κ2) is 12.1. The SMILES string of the molecule is COc1ccc(CN(Sc2cc(Cl)c(NCc3cccc(C(F)(F)F)c3)cc2F)c2nccs2)c(OC)c1. The van der Waals surface area contributed by atoms with Gasteiger partial charge in [0.05, 0.1) is 41.9 Å². The van der Waals surface area contributed by atoms with E-state index in [1.54, 1.807) is 32.5 Å². The molecular formula is C26H22ClF4N3O2S2. The number of halogens is 5. The average molecular weight is 584 g/mol. The van der Waals surface area contributed by atoms with Crippen LogP contribution >= 0.6 is 34.9 Å². The van der Waals surface area contributed by atoms with Gasteiger partial charge in [-0.25, -0.2) is 9.37 Å². The summed E-state index contributed by atoms with van der Waals surface area (Å²) in [6.45, 7) is 0.385. The summed E-state index contributed by atoms with van der Waals surface area (Å²) in [7, 11) is 3.13. The van der Waals surface area contributed by atoms with Gasteiger partial charge in [-0.15, -0.1) is 11.3 Å². The normalized spacial score (nSPS) is 11.3. The van der Waals surface area contributed by atoms with E-state index in [1.165, 1.54) is 29.5 Å². The zero-order chi connectivity index (χ0) is 27.3. The summed E-state index contributed by atoms with van der Waals surface area (Å²) in [6.07, 6.45) is -2.79. The smallest absolute Gasteiger partial charge is 0.416 e. The molecule has 3 aromatic carbocycles. The van der Waals surface area contributed by atoms with Gasteiger partial charge in [0.2, 0.25) is 0 Å². The Morgan fingerprint density at radius 1 is 1.08 bits per heavy atom. The summed E-state index contributed by atoms with van der Waals surface area (Å²) in [6, 6.07) is 13.1. The molecule has 0 aliphatic carbocycles. The Balaban J connectivity index is 1.53. The van der Waals surface area contributed by atoms with Crippen molar-refractivity contribution in [2.75, 3.05) is 23.8 Å². The molecule has 0 aliphatic rings. The lowest BCUT2D eigenvalue weighted by molar-refractivity contribution is -0.137. The van der Waals surface area contributed by atoms with Gasteiger partial charge in [-0.05, 0) is 53.9 Å². The molecule has 200 valence electrons. The van der Waals surface area contributed by atoms with Gasteiger partial charge in [-0.2, -0.15) is 13.2 Å². The molecule has 0 unspecified atom stereocenters. The first-order chi connectivity index (χ1) is 18.2. The molecule has 0 aliphatic heterocycles. The van der Waals surface area contributed by atoms with Crippen molar-refractivity contribution in [1.29, 1.82) is 0 Å². The highest BCUT2D eigenvalue weighted by molar-refractivity contribution is 8.00. The van der Waals surface area contributed by atoms with Crippen LogP contribution in [0.25, 0.3) is 0 Å². The van der Waals surface area contributed by atoms with E-state index in [0.717, 1.165) is 29.6 Å². The van der Waals surface area contributed by atoms with E-state index in [0.29, 0.717) is 28.7 Å². The minimum atomic E-state index is -4.45. The van der Waals surface area contributed by atoms with E-state index in [1.807, 2.05) is 21.8 Å². The maximum absolute atomic E-state index is 15.2. The number of nitrogens with zero attached hydrogens (tertiary/aromatic N) is 2. The van der Waals surface area contributed by atoms with Gasteiger partial charge in [-0.3, -0.25) is 4.31 Å². The molecule has 0 bridgehead atoms. The number of hydrogen-bond acceptors (Lipinski definition) is 7. The first kappa shape index (κ1) is 27.9. The second-order valence-corrected chi connectivity index (χ2v) is 10.3. The first-order valence-corrected chi connectivity index (χ1v) is 13.2. The molecule has 1 aromatic heterocycles. The lowest BCUT2D eigenvalue weighted by atomic mass is 10.1. The van der Waals surface area contributed by atoms with Crippen molar-refractivity contribution in [2.45, 2.75) is 24.2 Å². The van der Waals surface area contributed by atoms with Crippen LogP contribution < -0.4 is 19.1 Å². The molecule has 12 heteroatoms. The van der Waals surface area contributed by atoms with Crippen molar-refractivity contribution < 1.29 is 27.0 Å². The number of thiazole rings is 1. The zero-order valence-electron chi connectivity index (χ0n) is 20.2. The van der Waals surface area contributed by atoms with Crippen molar-refractivity contribution >= 4 is 45.7 Å². The quantitative estimate of drug-likeness (QED) is 0.150. The third-order valence-corrected chi connectivity index (χ3v) is 7.66. The Kier molecular flexibility index (Phi) is 8.91. The minimum Gasteiger partial charge on any atom is -0.497 e. The Labute approximate surface area is 230 Å². The summed E-state index contributed by atoms with van der Waals surface area (Å²) in [5.74, 6) is 0.707. The van der Waals surface area contributed by atoms with Crippen molar-refractivity contribution in [3.05, 3.63) is 93.7 Å². The van der Waals surface area contributed by atoms with Crippen molar-refractivity contribution in [1.82, 2.24) is 4.98 Å². The van der Waals surface area contributed by atoms with Gasteiger partial charge in [0.15, 0.2) is 5.13 Å². The molecule has 1 N–H and O–H groups in total. The van der Waals surface area contributed by atoms with E-state index < -0.39 is 17.6 Å². The van der Waals surface area contributed by atoms with Gasteiger partial charge in [-0.1, -0.05) is 23.7 Å². The predicted molar refractivity (Wildman–Crippen MR) is 144 cm³/mol. The standard InChI is InChI=1S/C26H22ClF4N3O2S2/c1-35-19-7-6-17(23(11-19)36-2)15-34(25-32-8-9-37-25)38-24-12-20(27)22(13-21(24)28)33-14-16-4-3-5-18(10-16)26(29,30)31/h3-13,33H,14-15H2,1-2H3. The number of hydrogen-bond donors (Lipinski definition) is 1. The molecule has 0 atom stereocenters. The number of nitrogens with one attached hydrogen (secondary N) is 1. The molecular weight excluding hydrogens is 562 g/mol. The summed E-state index contributed by atoms with van der Waals surface area (Å²) >= 11 is 8.95. The number of ether oxygens (including phenoxy) is 2. The summed E-state index contributed by atoms with van der Waals surface area (Å²) in [4.78, 5) is 4.62. The number of aromatic nitrogens is 1. The molecule has 0 radical (unpaired) electrons. The fourth-order valence-electron chi connectivity index (χ4n) is 3.52. The molecule has 0 saturated heterocycles. The van der Waals surface area contributed by atoms with E-state index >= 15 is 4.39 Å². The second-order valence-electron chi connectivity index (χ2n) is 7.93. The van der Waals surface area contributed by atoms with Crippen LogP contribution in [-0.4, -0.2) is 19.2 Å². The summed E-state index contributed by atoms with van der Waals surface area (Å²) in [5.41, 5.74) is 0.736. The molecule has 0 amide bonds. The van der Waals surface area contributed by atoms with Gasteiger partial charge < -0.3 is 14.8 Å². The molecule has 4 rings (SSSR count). The Bertz CT molecular complexity index is 1390. The predicted octanol–water partition coefficient (Wildman–Crippen LogP) is 8.30. The first-order valence-electron chi connectivity index (χ1n) is 11.1. The topological polar surface area (TPSA) is 46.6 Å². The number of benzene rings is 3. The van der Waals surface area contributed by atoms with Gasteiger partial charge in [0, 0.05) is 29.8 Å². The molecule has 0 saturated carbocycles. The monoisotopic (exact) mass is 583 g/mol. The van der Waals surface area contributed by atoms with Crippen molar-refractivity contribution in [2.24, 2.45) is 0 Å². The summed E-state index contributed by atoms with van der Waals surface area (Å²) < 4.78 is 66.8. The third-order valence-electron chi connectivity index (χ3n) is 5.41. The fraction of sp³-hybridized carbons (Fsp3) is 0.192. The molecule has 0 fully saturated rings. The third kappa shape index (κ3) is 6.83. The van der Waals surface area contributed by atoms with E-state index in [9.17, 15) is 13.2 Å².